The van der Waals surface area contributed by atoms with E-state index in [0.717, 1.165) is 6.92 Å². The molecule has 144 valence electrons. The Bertz CT molecular complexity index is 640. The highest BCUT2D eigenvalue weighted by Crippen LogP contribution is 2.15. The van der Waals surface area contributed by atoms with E-state index in [1.807, 2.05) is 13.8 Å². The molecule has 0 heterocycles. The van der Waals surface area contributed by atoms with E-state index < -0.39 is 36.6 Å². The lowest BCUT2D eigenvalue weighted by atomic mass is 10.0. The predicted octanol–water partition coefficient (Wildman–Crippen LogP) is 2.83. The van der Waals surface area contributed by atoms with Crippen molar-refractivity contribution >= 4 is 11.8 Å². The molecule has 0 aliphatic carbocycles. The first-order valence-corrected chi connectivity index (χ1v) is 7.69. The summed E-state index contributed by atoms with van der Waals surface area (Å²) in [6.45, 7) is 5.04. The van der Waals surface area contributed by atoms with Gasteiger partial charge in [-0.3, -0.25) is 14.8 Å². The molecule has 0 bridgehead atoms. The van der Waals surface area contributed by atoms with Crippen LogP contribution in [0, 0.1) is 17.8 Å². The molecular formula is C17H20F4N2O3. The van der Waals surface area contributed by atoms with Crippen LogP contribution in [0.5, 0.6) is 0 Å². The van der Waals surface area contributed by atoms with Crippen LogP contribution < -0.4 is 10.8 Å². The maximum atomic E-state index is 12.7. The number of rotatable bonds is 5. The molecule has 9 heteroatoms. The Hall–Kier alpha value is -2.60. The zero-order valence-electron chi connectivity index (χ0n) is 14.4. The minimum atomic E-state index is -2.90. The van der Waals surface area contributed by atoms with E-state index in [2.05, 4.69) is 11.2 Å². The minimum Gasteiger partial charge on any atom is -0.340 e. The quantitative estimate of drug-likeness (QED) is 0.320. The maximum absolute atomic E-state index is 12.7. The lowest BCUT2D eigenvalue weighted by molar-refractivity contribution is -0.134. The monoisotopic (exact) mass is 376 g/mol. The molecule has 0 aliphatic rings. The minimum absolute atomic E-state index is 0.00908. The van der Waals surface area contributed by atoms with Crippen molar-refractivity contribution in [3.63, 3.8) is 0 Å². The van der Waals surface area contributed by atoms with Gasteiger partial charge in [-0.15, -0.1) is 0 Å². The van der Waals surface area contributed by atoms with Gasteiger partial charge in [-0.25, -0.2) is 14.3 Å². The summed E-state index contributed by atoms with van der Waals surface area (Å²) in [6, 6.07) is 3.42. The third-order valence-corrected chi connectivity index (χ3v) is 3.08. The first kappa shape index (κ1) is 23.4. The Morgan fingerprint density at radius 1 is 1.08 bits per heavy atom. The van der Waals surface area contributed by atoms with Crippen molar-refractivity contribution in [2.75, 3.05) is 0 Å². The molecule has 1 aromatic carbocycles. The number of hydrogen-bond donors (Lipinski definition) is 3. The predicted molar refractivity (Wildman–Crippen MR) is 87.0 cm³/mol. The zero-order valence-corrected chi connectivity index (χ0v) is 14.4. The summed E-state index contributed by atoms with van der Waals surface area (Å²) in [5.74, 6) is 0.256. The second kappa shape index (κ2) is 11.9. The molecule has 0 aliphatic heterocycles. The molecule has 0 fully saturated rings. The van der Waals surface area contributed by atoms with Gasteiger partial charge in [0.05, 0.1) is 0 Å². The van der Waals surface area contributed by atoms with E-state index in [1.54, 1.807) is 5.92 Å². The normalized spacial score (nSPS) is 12.2. The third-order valence-electron chi connectivity index (χ3n) is 3.08. The standard InChI is InChI=1S/C15H14F4N2O3.C2H6/c1-8(13(18)19)12(15(23)21-24)20-14(22)10-5-2-9(3-6-10)4-7-11(16)17;1-2/h2-3,5-6,8,11-13,24H,1H3,(H,20,22)(H,21,23);1-2H3. The summed E-state index contributed by atoms with van der Waals surface area (Å²) in [6.07, 6.45) is -5.69. The maximum Gasteiger partial charge on any atom is 0.299 e. The van der Waals surface area contributed by atoms with E-state index in [4.69, 9.17) is 5.21 Å². The van der Waals surface area contributed by atoms with Gasteiger partial charge in [0, 0.05) is 17.0 Å². The van der Waals surface area contributed by atoms with Crippen LogP contribution in [0.25, 0.3) is 0 Å². The summed E-state index contributed by atoms with van der Waals surface area (Å²) >= 11 is 0. The average molecular weight is 376 g/mol. The van der Waals surface area contributed by atoms with E-state index >= 15 is 0 Å². The van der Waals surface area contributed by atoms with Gasteiger partial charge in [0.15, 0.2) is 0 Å². The van der Waals surface area contributed by atoms with Crippen molar-refractivity contribution in [2.45, 2.75) is 39.7 Å². The van der Waals surface area contributed by atoms with Gasteiger partial charge in [-0.05, 0) is 30.2 Å². The number of hydroxylamine groups is 1. The first-order chi connectivity index (χ1) is 12.3. The Morgan fingerprint density at radius 3 is 2.04 bits per heavy atom. The highest BCUT2D eigenvalue weighted by atomic mass is 19.3. The molecule has 5 nitrogen and oxygen atoms in total. The highest BCUT2D eigenvalue weighted by Gasteiger charge is 2.32. The smallest absolute Gasteiger partial charge is 0.299 e. The van der Waals surface area contributed by atoms with Crippen LogP contribution in [0.2, 0.25) is 0 Å². The molecule has 0 saturated carbocycles. The van der Waals surface area contributed by atoms with Crippen molar-refractivity contribution in [3.8, 4) is 11.8 Å². The Labute approximate surface area is 148 Å². The Morgan fingerprint density at radius 2 is 1.62 bits per heavy atom. The molecular weight excluding hydrogens is 356 g/mol. The fraction of sp³-hybridized carbons (Fsp3) is 0.412. The van der Waals surface area contributed by atoms with Crippen LogP contribution in [0.1, 0.15) is 36.7 Å². The van der Waals surface area contributed by atoms with Gasteiger partial charge >= 0.3 is 0 Å². The van der Waals surface area contributed by atoms with Gasteiger partial charge in [-0.1, -0.05) is 26.7 Å². The van der Waals surface area contributed by atoms with E-state index in [-0.39, 0.29) is 11.1 Å². The van der Waals surface area contributed by atoms with Gasteiger partial charge in [0.25, 0.3) is 18.2 Å². The number of nitrogens with one attached hydrogen (secondary N) is 2. The molecule has 26 heavy (non-hydrogen) atoms. The molecule has 2 amide bonds. The highest BCUT2D eigenvalue weighted by molar-refractivity contribution is 5.97. The van der Waals surface area contributed by atoms with Crippen LogP contribution in [0.15, 0.2) is 24.3 Å². The van der Waals surface area contributed by atoms with Crippen LogP contribution in [-0.4, -0.2) is 35.9 Å². The van der Waals surface area contributed by atoms with E-state index in [1.165, 1.54) is 29.7 Å². The molecule has 0 aromatic heterocycles. The Kier molecular flexibility index (Phi) is 10.7. The summed E-state index contributed by atoms with van der Waals surface area (Å²) < 4.78 is 49.4. The summed E-state index contributed by atoms with van der Waals surface area (Å²) in [7, 11) is 0. The summed E-state index contributed by atoms with van der Waals surface area (Å²) in [5, 5.41) is 10.7. The number of halogens is 4. The van der Waals surface area contributed by atoms with Crippen LogP contribution in [0.4, 0.5) is 17.6 Å². The van der Waals surface area contributed by atoms with E-state index in [0.29, 0.717) is 0 Å². The second-order valence-electron chi connectivity index (χ2n) is 4.77. The molecule has 0 spiro atoms. The van der Waals surface area contributed by atoms with Crippen LogP contribution >= 0.6 is 0 Å². The molecule has 1 rings (SSSR count). The molecule has 0 saturated heterocycles. The van der Waals surface area contributed by atoms with Crippen molar-refractivity contribution in [2.24, 2.45) is 5.92 Å². The molecule has 2 atom stereocenters. The number of benzene rings is 1. The average Bonchev–Trinajstić information content (AvgIpc) is 2.64. The number of carbonyl (C=O) groups excluding carboxylic acids is 2. The zero-order chi connectivity index (χ0) is 20.3. The number of hydrogen-bond acceptors (Lipinski definition) is 3. The largest absolute Gasteiger partial charge is 0.340 e. The first-order valence-electron chi connectivity index (χ1n) is 7.69. The van der Waals surface area contributed by atoms with Crippen LogP contribution in [-0.2, 0) is 4.79 Å². The fourth-order valence-corrected chi connectivity index (χ4v) is 1.72. The van der Waals surface area contributed by atoms with Gasteiger partial charge in [-0.2, -0.15) is 8.78 Å². The SMILES string of the molecule is CC.CC(C(F)F)C(NC(=O)c1ccc(C#CC(F)F)cc1)C(=O)NO. The second-order valence-corrected chi connectivity index (χ2v) is 4.77. The van der Waals surface area contributed by atoms with Gasteiger partial charge < -0.3 is 5.32 Å². The molecule has 3 N–H and O–H groups in total. The molecule has 0 radical (unpaired) electrons. The van der Waals surface area contributed by atoms with E-state index in [9.17, 15) is 27.2 Å². The van der Waals surface area contributed by atoms with Crippen LogP contribution in [0.3, 0.4) is 0 Å². The van der Waals surface area contributed by atoms with Crippen molar-refractivity contribution in [1.82, 2.24) is 10.8 Å². The van der Waals surface area contributed by atoms with Crippen molar-refractivity contribution in [3.05, 3.63) is 35.4 Å². The lowest BCUT2D eigenvalue weighted by Gasteiger charge is -2.22. The van der Waals surface area contributed by atoms with Gasteiger partial charge in [0.1, 0.15) is 6.04 Å². The number of amides is 2. The topological polar surface area (TPSA) is 78.4 Å². The fourth-order valence-electron chi connectivity index (χ4n) is 1.72. The third kappa shape index (κ3) is 7.53. The van der Waals surface area contributed by atoms with Crippen molar-refractivity contribution in [1.29, 1.82) is 0 Å². The summed E-state index contributed by atoms with van der Waals surface area (Å²) in [4.78, 5) is 23.4. The lowest BCUT2D eigenvalue weighted by Crippen LogP contribution is -2.51. The molecule has 2 unspecified atom stereocenters. The number of alkyl halides is 4. The summed E-state index contributed by atoms with van der Waals surface area (Å²) in [5.41, 5.74) is 1.46. The Balaban J connectivity index is 0.00000301. The van der Waals surface area contributed by atoms with Crippen molar-refractivity contribution < 1.29 is 32.4 Å². The number of carbonyl (C=O) groups is 2. The molecule has 1 aromatic rings. The van der Waals surface area contributed by atoms with Gasteiger partial charge in [0.2, 0.25) is 6.43 Å².